The standard InChI is InChI=1S/C22H30ClN3O2/c1-16-19(15-22(27)24-18-4-2-3-5-18)20-14-17(23)6-7-21(20)26(16)9-8-25-10-12-28-13-11-25/h6-7,14,18H,2-5,8-13,15H2,1H3,(H,24,27). The van der Waals surface area contributed by atoms with Crippen LogP contribution in [0.2, 0.25) is 5.02 Å². The molecule has 4 rings (SSSR count). The van der Waals surface area contributed by atoms with Crippen molar-refractivity contribution in [3.8, 4) is 0 Å². The largest absolute Gasteiger partial charge is 0.379 e. The maximum Gasteiger partial charge on any atom is 0.224 e. The molecule has 0 atom stereocenters. The summed E-state index contributed by atoms with van der Waals surface area (Å²) in [6.45, 7) is 7.63. The van der Waals surface area contributed by atoms with Crippen molar-refractivity contribution in [1.82, 2.24) is 14.8 Å². The van der Waals surface area contributed by atoms with E-state index >= 15 is 0 Å². The van der Waals surface area contributed by atoms with Crippen molar-refractivity contribution in [3.63, 3.8) is 0 Å². The molecule has 1 amide bonds. The van der Waals surface area contributed by atoms with Crippen LogP contribution in [0.1, 0.15) is 36.9 Å². The first-order chi connectivity index (χ1) is 13.6. The number of rotatable bonds is 6. The fraction of sp³-hybridized carbons (Fsp3) is 0.591. The van der Waals surface area contributed by atoms with Crippen LogP contribution in [0.4, 0.5) is 0 Å². The number of nitrogens with zero attached hydrogens (tertiary/aromatic N) is 2. The minimum Gasteiger partial charge on any atom is -0.379 e. The van der Waals surface area contributed by atoms with Crippen molar-refractivity contribution in [2.24, 2.45) is 0 Å². The van der Waals surface area contributed by atoms with Crippen LogP contribution in [0.15, 0.2) is 18.2 Å². The van der Waals surface area contributed by atoms with Gasteiger partial charge >= 0.3 is 0 Å². The zero-order chi connectivity index (χ0) is 19.5. The Morgan fingerprint density at radius 1 is 1.21 bits per heavy atom. The summed E-state index contributed by atoms with van der Waals surface area (Å²) in [5.41, 5.74) is 3.45. The van der Waals surface area contributed by atoms with Gasteiger partial charge in [0.15, 0.2) is 0 Å². The first-order valence-corrected chi connectivity index (χ1v) is 10.9. The molecule has 28 heavy (non-hydrogen) atoms. The lowest BCUT2D eigenvalue weighted by molar-refractivity contribution is -0.121. The Morgan fingerprint density at radius 3 is 2.71 bits per heavy atom. The molecule has 6 heteroatoms. The van der Waals surface area contributed by atoms with Crippen molar-refractivity contribution < 1.29 is 9.53 Å². The van der Waals surface area contributed by atoms with Crippen molar-refractivity contribution >= 4 is 28.4 Å². The van der Waals surface area contributed by atoms with E-state index in [2.05, 4.69) is 27.8 Å². The van der Waals surface area contributed by atoms with E-state index in [4.69, 9.17) is 16.3 Å². The van der Waals surface area contributed by atoms with Gasteiger partial charge < -0.3 is 14.6 Å². The van der Waals surface area contributed by atoms with Gasteiger partial charge in [-0.05, 0) is 43.5 Å². The van der Waals surface area contributed by atoms with Crippen molar-refractivity contribution in [3.05, 3.63) is 34.5 Å². The number of hydrogen-bond acceptors (Lipinski definition) is 3. The summed E-state index contributed by atoms with van der Waals surface area (Å²) in [5, 5.41) is 5.05. The monoisotopic (exact) mass is 403 g/mol. The second kappa shape index (κ2) is 8.85. The lowest BCUT2D eigenvalue weighted by atomic mass is 10.1. The van der Waals surface area contributed by atoms with Crippen molar-refractivity contribution in [1.29, 1.82) is 0 Å². The van der Waals surface area contributed by atoms with Gasteiger partial charge in [-0.2, -0.15) is 0 Å². The molecule has 1 aromatic heterocycles. The number of nitrogens with one attached hydrogen (secondary N) is 1. The summed E-state index contributed by atoms with van der Waals surface area (Å²) in [5.74, 6) is 0.127. The van der Waals surface area contributed by atoms with E-state index < -0.39 is 0 Å². The number of amides is 1. The van der Waals surface area contributed by atoms with Crippen LogP contribution in [-0.2, 0) is 22.5 Å². The van der Waals surface area contributed by atoms with Gasteiger partial charge in [-0.1, -0.05) is 24.4 Å². The van der Waals surface area contributed by atoms with E-state index in [1.165, 1.54) is 24.1 Å². The highest BCUT2D eigenvalue weighted by atomic mass is 35.5. The second-order valence-corrected chi connectivity index (χ2v) is 8.49. The molecular weight excluding hydrogens is 374 g/mol. The molecule has 1 N–H and O–H groups in total. The molecule has 0 unspecified atom stereocenters. The van der Waals surface area contributed by atoms with E-state index in [1.807, 2.05) is 12.1 Å². The predicted octanol–water partition coefficient (Wildman–Crippen LogP) is 3.54. The third-order valence-corrected chi connectivity index (χ3v) is 6.45. The SMILES string of the molecule is Cc1c(CC(=O)NC2CCCC2)c2cc(Cl)ccc2n1CCN1CCOCC1. The zero-order valence-electron chi connectivity index (χ0n) is 16.7. The predicted molar refractivity (Wildman–Crippen MR) is 113 cm³/mol. The number of aromatic nitrogens is 1. The molecule has 2 heterocycles. The Morgan fingerprint density at radius 2 is 1.96 bits per heavy atom. The van der Waals surface area contributed by atoms with E-state index in [0.717, 1.165) is 68.2 Å². The number of fused-ring (bicyclic) bond motifs is 1. The topological polar surface area (TPSA) is 46.5 Å². The number of carbonyl (C=O) groups is 1. The Labute approximate surface area is 172 Å². The first-order valence-electron chi connectivity index (χ1n) is 10.5. The molecule has 0 bridgehead atoms. The van der Waals surface area contributed by atoms with Crippen molar-refractivity contribution in [2.45, 2.75) is 51.6 Å². The average molecular weight is 404 g/mol. The highest BCUT2D eigenvalue weighted by molar-refractivity contribution is 6.31. The van der Waals surface area contributed by atoms with Gasteiger partial charge in [0, 0.05) is 53.8 Å². The van der Waals surface area contributed by atoms with Crippen molar-refractivity contribution in [2.75, 3.05) is 32.8 Å². The van der Waals surface area contributed by atoms with Crippen LogP contribution in [0.3, 0.4) is 0 Å². The molecule has 0 radical (unpaired) electrons. The Hall–Kier alpha value is -1.56. The molecule has 2 aromatic rings. The fourth-order valence-electron chi connectivity index (χ4n) is 4.61. The van der Waals surface area contributed by atoms with Crippen LogP contribution < -0.4 is 5.32 Å². The van der Waals surface area contributed by atoms with Gasteiger partial charge in [-0.15, -0.1) is 0 Å². The highest BCUT2D eigenvalue weighted by Gasteiger charge is 2.21. The first kappa shape index (κ1) is 19.7. The van der Waals surface area contributed by atoms with E-state index in [1.54, 1.807) is 0 Å². The summed E-state index contributed by atoms with van der Waals surface area (Å²) >= 11 is 6.29. The number of carbonyl (C=O) groups excluding carboxylic acids is 1. The molecule has 0 spiro atoms. The molecule has 1 aromatic carbocycles. The summed E-state index contributed by atoms with van der Waals surface area (Å²) in [6.07, 6.45) is 5.08. The minimum atomic E-state index is 0.127. The lowest BCUT2D eigenvalue weighted by Gasteiger charge is -2.27. The fourth-order valence-corrected chi connectivity index (χ4v) is 4.78. The van der Waals surface area contributed by atoms with Crippen LogP contribution in [0.5, 0.6) is 0 Å². The number of ether oxygens (including phenoxy) is 1. The van der Waals surface area contributed by atoms with Crippen LogP contribution >= 0.6 is 11.6 Å². The summed E-state index contributed by atoms with van der Waals surface area (Å²) < 4.78 is 7.80. The molecule has 2 aliphatic rings. The Bertz CT molecular complexity index is 836. The number of halogens is 1. The van der Waals surface area contributed by atoms with Gasteiger partial charge in [0.25, 0.3) is 0 Å². The van der Waals surface area contributed by atoms with E-state index in [-0.39, 0.29) is 5.91 Å². The average Bonchev–Trinajstić information content (AvgIpc) is 3.28. The van der Waals surface area contributed by atoms with Gasteiger partial charge in [-0.25, -0.2) is 0 Å². The van der Waals surface area contributed by atoms with E-state index in [9.17, 15) is 4.79 Å². The molecule has 1 aliphatic heterocycles. The van der Waals surface area contributed by atoms with Crippen LogP contribution in [0, 0.1) is 6.92 Å². The smallest absolute Gasteiger partial charge is 0.224 e. The zero-order valence-corrected chi connectivity index (χ0v) is 17.4. The second-order valence-electron chi connectivity index (χ2n) is 8.06. The lowest BCUT2D eigenvalue weighted by Crippen LogP contribution is -2.38. The summed E-state index contributed by atoms with van der Waals surface area (Å²) in [7, 11) is 0. The number of benzene rings is 1. The third kappa shape index (κ3) is 4.37. The molecule has 1 saturated carbocycles. The maximum absolute atomic E-state index is 12.7. The minimum absolute atomic E-state index is 0.127. The van der Waals surface area contributed by atoms with Gasteiger partial charge in [0.1, 0.15) is 0 Å². The number of morpholine rings is 1. The summed E-state index contributed by atoms with van der Waals surface area (Å²) in [4.78, 5) is 15.1. The van der Waals surface area contributed by atoms with E-state index in [0.29, 0.717) is 12.5 Å². The molecule has 5 nitrogen and oxygen atoms in total. The third-order valence-electron chi connectivity index (χ3n) is 6.22. The maximum atomic E-state index is 12.7. The van der Waals surface area contributed by atoms with Gasteiger partial charge in [0.2, 0.25) is 5.91 Å². The molecular formula is C22H30ClN3O2. The normalized spacial score (nSPS) is 18.8. The Kier molecular flexibility index (Phi) is 6.24. The molecule has 1 aliphatic carbocycles. The molecule has 1 saturated heterocycles. The van der Waals surface area contributed by atoms with Gasteiger partial charge in [-0.3, -0.25) is 9.69 Å². The number of hydrogen-bond donors (Lipinski definition) is 1. The van der Waals surface area contributed by atoms with Gasteiger partial charge in [0.05, 0.1) is 19.6 Å². The molecule has 152 valence electrons. The van der Waals surface area contributed by atoms with Crippen LogP contribution in [-0.4, -0.2) is 54.3 Å². The highest BCUT2D eigenvalue weighted by Crippen LogP contribution is 2.29. The van der Waals surface area contributed by atoms with Crippen LogP contribution in [0.25, 0.3) is 10.9 Å². The molecule has 2 fully saturated rings. The quantitative estimate of drug-likeness (QED) is 0.802. The Balaban J connectivity index is 1.55. The summed E-state index contributed by atoms with van der Waals surface area (Å²) in [6, 6.07) is 6.39.